The Labute approximate surface area is 129 Å². The van der Waals surface area contributed by atoms with Gasteiger partial charge in [0.15, 0.2) is 0 Å². The van der Waals surface area contributed by atoms with Crippen LogP contribution in [0.5, 0.6) is 0 Å². The van der Waals surface area contributed by atoms with Crippen molar-refractivity contribution in [1.82, 2.24) is 15.1 Å². The molecule has 0 bridgehead atoms. The van der Waals surface area contributed by atoms with Crippen LogP contribution in [0, 0.1) is 6.92 Å². The number of likely N-dealkylation sites (tertiary alicyclic amines) is 1. The maximum atomic E-state index is 5.92. The minimum Gasteiger partial charge on any atom is -0.465 e. The molecule has 1 aromatic heterocycles. The Morgan fingerprint density at radius 3 is 2.67 bits per heavy atom. The average molecular weight is 293 g/mol. The predicted molar refractivity (Wildman–Crippen MR) is 87.4 cm³/mol. The Hall–Kier alpha value is -0.840. The van der Waals surface area contributed by atoms with E-state index in [-0.39, 0.29) is 0 Å². The summed E-state index contributed by atoms with van der Waals surface area (Å²) in [7, 11) is 2.23. The summed E-state index contributed by atoms with van der Waals surface area (Å²) < 4.78 is 5.92. The first-order valence-corrected chi connectivity index (χ1v) is 8.35. The largest absolute Gasteiger partial charge is 0.465 e. The molecule has 120 valence electrons. The number of nitrogens with zero attached hydrogens (tertiary/aromatic N) is 2. The van der Waals surface area contributed by atoms with E-state index in [9.17, 15) is 0 Å². The first kappa shape index (κ1) is 16.5. The Morgan fingerprint density at radius 2 is 2.05 bits per heavy atom. The van der Waals surface area contributed by atoms with Crippen molar-refractivity contribution in [2.75, 3.05) is 33.2 Å². The highest BCUT2D eigenvalue weighted by molar-refractivity contribution is 5.20. The molecule has 1 fully saturated rings. The summed E-state index contributed by atoms with van der Waals surface area (Å²) in [6.07, 6.45) is 2.54. The molecule has 0 aromatic carbocycles. The number of piperidine rings is 1. The molecule has 1 aliphatic rings. The van der Waals surface area contributed by atoms with Crippen molar-refractivity contribution >= 4 is 0 Å². The van der Waals surface area contributed by atoms with E-state index in [1.165, 1.54) is 38.0 Å². The van der Waals surface area contributed by atoms with Crippen LogP contribution in [0.4, 0.5) is 0 Å². The molecule has 4 nitrogen and oxygen atoms in total. The second kappa shape index (κ2) is 7.97. The van der Waals surface area contributed by atoms with Gasteiger partial charge in [-0.3, -0.25) is 4.90 Å². The summed E-state index contributed by atoms with van der Waals surface area (Å²) in [6, 6.07) is 2.91. The molecule has 1 saturated heterocycles. The topological polar surface area (TPSA) is 31.6 Å². The summed E-state index contributed by atoms with van der Waals surface area (Å²) in [5.74, 6) is 2.15. The third-order valence-electron chi connectivity index (χ3n) is 4.67. The van der Waals surface area contributed by atoms with Crippen LogP contribution in [-0.4, -0.2) is 49.1 Å². The van der Waals surface area contributed by atoms with Gasteiger partial charge in [0.2, 0.25) is 0 Å². The van der Waals surface area contributed by atoms with Gasteiger partial charge < -0.3 is 14.6 Å². The van der Waals surface area contributed by atoms with Crippen molar-refractivity contribution < 1.29 is 4.42 Å². The van der Waals surface area contributed by atoms with E-state index in [4.69, 9.17) is 4.42 Å². The third kappa shape index (κ3) is 4.56. The van der Waals surface area contributed by atoms with Crippen LogP contribution in [0.2, 0.25) is 0 Å². The molecular formula is C17H31N3O. The van der Waals surface area contributed by atoms with Crippen LogP contribution in [0.25, 0.3) is 0 Å². The minimum atomic E-state index is 0.690. The van der Waals surface area contributed by atoms with Gasteiger partial charge in [-0.2, -0.15) is 0 Å². The van der Waals surface area contributed by atoms with E-state index in [1.54, 1.807) is 0 Å². The van der Waals surface area contributed by atoms with Gasteiger partial charge in [0.05, 0.1) is 6.54 Å². The monoisotopic (exact) mass is 293 g/mol. The first-order valence-electron chi connectivity index (χ1n) is 8.35. The van der Waals surface area contributed by atoms with Crippen LogP contribution in [-0.2, 0) is 13.1 Å². The average Bonchev–Trinajstić information content (AvgIpc) is 2.84. The fourth-order valence-electron chi connectivity index (χ4n) is 3.15. The maximum Gasteiger partial charge on any atom is 0.118 e. The molecule has 0 spiro atoms. The molecule has 1 N–H and O–H groups in total. The van der Waals surface area contributed by atoms with Crippen LogP contribution in [0.1, 0.15) is 43.8 Å². The predicted octanol–water partition coefficient (Wildman–Crippen LogP) is 2.61. The number of hydrogen-bond donors (Lipinski definition) is 1. The highest BCUT2D eigenvalue weighted by atomic mass is 16.3. The zero-order valence-corrected chi connectivity index (χ0v) is 14.1. The molecule has 1 aliphatic heterocycles. The van der Waals surface area contributed by atoms with E-state index in [0.29, 0.717) is 6.04 Å². The fraction of sp³-hybridized carbons (Fsp3) is 0.765. The number of nitrogens with one attached hydrogen (secondary N) is 1. The summed E-state index contributed by atoms with van der Waals surface area (Å²) in [4.78, 5) is 5.00. The number of rotatable bonds is 7. The van der Waals surface area contributed by atoms with Crippen LogP contribution < -0.4 is 5.32 Å². The second-order valence-corrected chi connectivity index (χ2v) is 6.16. The van der Waals surface area contributed by atoms with Crippen molar-refractivity contribution in [2.24, 2.45) is 0 Å². The first-order chi connectivity index (χ1) is 10.1. The van der Waals surface area contributed by atoms with Gasteiger partial charge in [-0.1, -0.05) is 13.8 Å². The number of hydrogen-bond acceptors (Lipinski definition) is 4. The smallest absolute Gasteiger partial charge is 0.118 e. The lowest BCUT2D eigenvalue weighted by Crippen LogP contribution is -2.42. The van der Waals surface area contributed by atoms with Crippen molar-refractivity contribution in [3.05, 3.63) is 23.2 Å². The standard InChI is InChI=1S/C17H31N3O/c1-5-18-12-15-11-17(21-14(15)3)13-19(4)16-7-9-20(6-2)10-8-16/h11,16,18H,5-10,12-13H2,1-4H3. The van der Waals surface area contributed by atoms with E-state index < -0.39 is 0 Å². The molecule has 0 amide bonds. The Morgan fingerprint density at radius 1 is 1.33 bits per heavy atom. The second-order valence-electron chi connectivity index (χ2n) is 6.16. The highest BCUT2D eigenvalue weighted by Crippen LogP contribution is 2.20. The lowest BCUT2D eigenvalue weighted by atomic mass is 10.0. The van der Waals surface area contributed by atoms with Gasteiger partial charge in [-0.25, -0.2) is 0 Å². The van der Waals surface area contributed by atoms with Crippen molar-refractivity contribution in [2.45, 2.75) is 52.7 Å². The summed E-state index contributed by atoms with van der Waals surface area (Å²) in [5, 5.41) is 3.37. The Bertz CT molecular complexity index is 422. The van der Waals surface area contributed by atoms with Crippen molar-refractivity contribution in [3.8, 4) is 0 Å². The van der Waals surface area contributed by atoms with Gasteiger partial charge in [0.1, 0.15) is 11.5 Å². The molecule has 0 unspecified atom stereocenters. The van der Waals surface area contributed by atoms with Crippen LogP contribution in [0.15, 0.2) is 10.5 Å². The Balaban J connectivity index is 1.86. The molecule has 0 atom stereocenters. The molecular weight excluding hydrogens is 262 g/mol. The van der Waals surface area contributed by atoms with Crippen LogP contribution in [0.3, 0.4) is 0 Å². The lowest BCUT2D eigenvalue weighted by molar-refractivity contribution is 0.121. The fourth-order valence-corrected chi connectivity index (χ4v) is 3.15. The molecule has 0 radical (unpaired) electrons. The summed E-state index contributed by atoms with van der Waals surface area (Å²) in [5.41, 5.74) is 1.29. The van der Waals surface area contributed by atoms with Gasteiger partial charge >= 0.3 is 0 Å². The molecule has 1 aromatic rings. The maximum absolute atomic E-state index is 5.92. The zero-order chi connectivity index (χ0) is 15.2. The normalized spacial score (nSPS) is 17.8. The molecule has 0 saturated carbocycles. The quantitative estimate of drug-likeness (QED) is 0.837. The van der Waals surface area contributed by atoms with E-state index in [1.807, 2.05) is 0 Å². The number of aryl methyl sites for hydroxylation is 1. The van der Waals surface area contributed by atoms with E-state index >= 15 is 0 Å². The Kier molecular flexibility index (Phi) is 6.27. The molecule has 4 heteroatoms. The molecule has 2 rings (SSSR count). The molecule has 0 aliphatic carbocycles. The third-order valence-corrected chi connectivity index (χ3v) is 4.67. The van der Waals surface area contributed by atoms with Gasteiger partial charge in [-0.05, 0) is 59.1 Å². The zero-order valence-electron chi connectivity index (χ0n) is 14.1. The summed E-state index contributed by atoms with van der Waals surface area (Å²) >= 11 is 0. The van der Waals surface area contributed by atoms with Gasteiger partial charge in [0, 0.05) is 18.2 Å². The van der Waals surface area contributed by atoms with Gasteiger partial charge in [0.25, 0.3) is 0 Å². The molecule has 2 heterocycles. The van der Waals surface area contributed by atoms with Gasteiger partial charge in [-0.15, -0.1) is 0 Å². The molecule has 21 heavy (non-hydrogen) atoms. The van der Waals surface area contributed by atoms with E-state index in [2.05, 4.69) is 49.0 Å². The van der Waals surface area contributed by atoms with Crippen molar-refractivity contribution in [3.63, 3.8) is 0 Å². The highest BCUT2D eigenvalue weighted by Gasteiger charge is 2.22. The van der Waals surface area contributed by atoms with Crippen molar-refractivity contribution in [1.29, 1.82) is 0 Å². The SMILES string of the molecule is CCNCc1cc(CN(C)C2CCN(CC)CC2)oc1C. The van der Waals surface area contributed by atoms with Crippen LogP contribution >= 0.6 is 0 Å². The minimum absolute atomic E-state index is 0.690. The summed E-state index contributed by atoms with van der Waals surface area (Å²) in [6.45, 7) is 12.9. The van der Waals surface area contributed by atoms with E-state index in [0.717, 1.165) is 31.2 Å². The lowest BCUT2D eigenvalue weighted by Gasteiger charge is -2.35. The number of furan rings is 1.